The van der Waals surface area contributed by atoms with E-state index in [0.717, 1.165) is 23.5 Å². The number of rotatable bonds is 6. The summed E-state index contributed by atoms with van der Waals surface area (Å²) in [7, 11) is 1.64. The van der Waals surface area contributed by atoms with E-state index in [1.54, 1.807) is 7.11 Å². The molecule has 3 nitrogen and oxygen atoms in total. The third-order valence-electron chi connectivity index (χ3n) is 2.24. The summed E-state index contributed by atoms with van der Waals surface area (Å²) in [6.45, 7) is 4.71. The van der Waals surface area contributed by atoms with Gasteiger partial charge in [-0.15, -0.1) is 0 Å². The Morgan fingerprint density at radius 1 is 1.35 bits per heavy atom. The van der Waals surface area contributed by atoms with Crippen LogP contribution in [0.4, 0.5) is 0 Å². The van der Waals surface area contributed by atoms with Crippen LogP contribution >= 0.6 is 0 Å². The first kappa shape index (κ1) is 13.6. The Morgan fingerprint density at radius 2 is 2.12 bits per heavy atom. The quantitative estimate of drug-likeness (QED) is 0.824. The average Bonchev–Trinajstić information content (AvgIpc) is 2.33. The highest BCUT2D eigenvalue weighted by Gasteiger charge is 2.04. The molecule has 94 valence electrons. The van der Waals surface area contributed by atoms with Gasteiger partial charge in [0.25, 0.3) is 0 Å². The predicted octanol–water partition coefficient (Wildman–Crippen LogP) is 2.84. The zero-order chi connectivity index (χ0) is 12.7. The van der Waals surface area contributed by atoms with Crippen LogP contribution in [0.5, 0.6) is 11.5 Å². The molecule has 0 saturated carbocycles. The van der Waals surface area contributed by atoms with Crippen molar-refractivity contribution in [3.05, 3.63) is 29.8 Å². The van der Waals surface area contributed by atoms with Gasteiger partial charge in [-0.3, -0.25) is 0 Å². The van der Waals surface area contributed by atoms with Crippen LogP contribution in [0.2, 0.25) is 0 Å². The Labute approximate surface area is 103 Å². The maximum atomic E-state index is 5.67. The number of nitrogens with two attached hydrogens (primary N) is 1. The summed E-state index contributed by atoms with van der Waals surface area (Å²) in [6.07, 6.45) is 4.91. The van der Waals surface area contributed by atoms with Crippen molar-refractivity contribution in [2.75, 3.05) is 13.7 Å². The number of ether oxygens (including phenoxy) is 2. The molecule has 0 heterocycles. The van der Waals surface area contributed by atoms with E-state index >= 15 is 0 Å². The second kappa shape index (κ2) is 6.97. The van der Waals surface area contributed by atoms with Gasteiger partial charge in [-0.2, -0.15) is 0 Å². The van der Waals surface area contributed by atoms with Gasteiger partial charge in [0.2, 0.25) is 0 Å². The standard InChI is InChI=1S/C14H21NO2/c1-4-9-17-14-10-12(6-5-11(2)15)7-8-13(14)16-3/h5-8,10-11H,4,9,15H2,1-3H3/b6-5+. The van der Waals surface area contributed by atoms with Crippen LogP contribution in [0.15, 0.2) is 24.3 Å². The summed E-state index contributed by atoms with van der Waals surface area (Å²) in [5.74, 6) is 1.54. The molecule has 3 heteroatoms. The van der Waals surface area contributed by atoms with Crippen LogP contribution in [0.3, 0.4) is 0 Å². The topological polar surface area (TPSA) is 44.5 Å². The Hall–Kier alpha value is -1.48. The van der Waals surface area contributed by atoms with Crippen LogP contribution in [0, 0.1) is 0 Å². The molecule has 1 unspecified atom stereocenters. The monoisotopic (exact) mass is 235 g/mol. The van der Waals surface area contributed by atoms with Crippen molar-refractivity contribution in [3.8, 4) is 11.5 Å². The van der Waals surface area contributed by atoms with Crippen molar-refractivity contribution in [1.29, 1.82) is 0 Å². The van der Waals surface area contributed by atoms with Crippen molar-refractivity contribution < 1.29 is 9.47 Å². The Morgan fingerprint density at radius 3 is 2.71 bits per heavy atom. The predicted molar refractivity (Wildman–Crippen MR) is 71.5 cm³/mol. The highest BCUT2D eigenvalue weighted by Crippen LogP contribution is 2.28. The summed E-state index contributed by atoms with van der Waals surface area (Å²) in [5.41, 5.74) is 6.74. The lowest BCUT2D eigenvalue weighted by atomic mass is 10.1. The Kier molecular flexibility index (Phi) is 5.57. The van der Waals surface area contributed by atoms with E-state index in [4.69, 9.17) is 15.2 Å². The summed E-state index contributed by atoms with van der Waals surface area (Å²) in [6, 6.07) is 5.91. The van der Waals surface area contributed by atoms with E-state index in [9.17, 15) is 0 Å². The Balaban J connectivity index is 2.87. The first-order valence-electron chi connectivity index (χ1n) is 5.92. The third kappa shape index (κ3) is 4.49. The van der Waals surface area contributed by atoms with Crippen molar-refractivity contribution in [3.63, 3.8) is 0 Å². The van der Waals surface area contributed by atoms with Gasteiger partial charge < -0.3 is 15.2 Å². The fraction of sp³-hybridized carbons (Fsp3) is 0.429. The highest BCUT2D eigenvalue weighted by atomic mass is 16.5. The second-order valence-corrected chi connectivity index (χ2v) is 3.98. The number of benzene rings is 1. The lowest BCUT2D eigenvalue weighted by Crippen LogP contribution is -2.09. The molecule has 1 atom stereocenters. The minimum atomic E-state index is 0.0529. The zero-order valence-electron chi connectivity index (χ0n) is 10.8. The van der Waals surface area contributed by atoms with E-state index in [1.807, 2.05) is 37.3 Å². The molecule has 0 bridgehead atoms. The third-order valence-corrected chi connectivity index (χ3v) is 2.24. The first-order chi connectivity index (χ1) is 8.17. The van der Waals surface area contributed by atoms with Gasteiger partial charge >= 0.3 is 0 Å². The van der Waals surface area contributed by atoms with Crippen molar-refractivity contribution in [1.82, 2.24) is 0 Å². The molecule has 0 aliphatic carbocycles. The summed E-state index contributed by atoms with van der Waals surface area (Å²) in [5, 5.41) is 0. The van der Waals surface area contributed by atoms with E-state index in [0.29, 0.717) is 6.61 Å². The lowest BCUT2D eigenvalue weighted by molar-refractivity contribution is 0.294. The molecule has 0 aliphatic rings. The smallest absolute Gasteiger partial charge is 0.161 e. The summed E-state index contributed by atoms with van der Waals surface area (Å²) < 4.78 is 10.9. The first-order valence-corrected chi connectivity index (χ1v) is 5.92. The maximum Gasteiger partial charge on any atom is 0.161 e. The second-order valence-electron chi connectivity index (χ2n) is 3.98. The van der Waals surface area contributed by atoms with Gasteiger partial charge in [0.05, 0.1) is 13.7 Å². The lowest BCUT2D eigenvalue weighted by Gasteiger charge is -2.10. The van der Waals surface area contributed by atoms with Gasteiger partial charge in [0.1, 0.15) is 0 Å². The molecule has 0 amide bonds. The molecule has 0 aliphatic heterocycles. The summed E-state index contributed by atoms with van der Waals surface area (Å²) >= 11 is 0. The fourth-order valence-corrected chi connectivity index (χ4v) is 1.38. The molecule has 1 aromatic carbocycles. The van der Waals surface area contributed by atoms with E-state index < -0.39 is 0 Å². The van der Waals surface area contributed by atoms with Crippen LogP contribution in [0.1, 0.15) is 25.8 Å². The number of hydrogen-bond acceptors (Lipinski definition) is 3. The SMILES string of the molecule is CCCOc1cc(/C=C/C(C)N)ccc1OC. The molecule has 1 rings (SSSR count). The Bertz CT molecular complexity index is 372. The number of hydrogen-bond donors (Lipinski definition) is 1. The van der Waals surface area contributed by atoms with Crippen molar-refractivity contribution in [2.24, 2.45) is 5.73 Å². The maximum absolute atomic E-state index is 5.67. The molecule has 0 aromatic heterocycles. The minimum absolute atomic E-state index is 0.0529. The van der Waals surface area contributed by atoms with Crippen molar-refractivity contribution >= 4 is 6.08 Å². The van der Waals surface area contributed by atoms with Gasteiger partial charge in [-0.25, -0.2) is 0 Å². The van der Waals surface area contributed by atoms with Crippen LogP contribution in [-0.2, 0) is 0 Å². The molecule has 17 heavy (non-hydrogen) atoms. The minimum Gasteiger partial charge on any atom is -0.493 e. The fourth-order valence-electron chi connectivity index (χ4n) is 1.38. The zero-order valence-corrected chi connectivity index (χ0v) is 10.8. The van der Waals surface area contributed by atoms with Gasteiger partial charge in [0, 0.05) is 6.04 Å². The largest absolute Gasteiger partial charge is 0.493 e. The molecule has 0 saturated heterocycles. The van der Waals surface area contributed by atoms with Crippen LogP contribution in [-0.4, -0.2) is 19.8 Å². The summed E-state index contributed by atoms with van der Waals surface area (Å²) in [4.78, 5) is 0. The highest BCUT2D eigenvalue weighted by molar-refractivity contribution is 5.56. The van der Waals surface area contributed by atoms with Crippen LogP contribution in [0.25, 0.3) is 6.08 Å². The molecule has 0 fully saturated rings. The van der Waals surface area contributed by atoms with Gasteiger partial charge in [-0.05, 0) is 31.0 Å². The molecule has 1 aromatic rings. The molecule has 0 radical (unpaired) electrons. The van der Waals surface area contributed by atoms with E-state index in [-0.39, 0.29) is 6.04 Å². The van der Waals surface area contributed by atoms with E-state index in [1.165, 1.54) is 0 Å². The van der Waals surface area contributed by atoms with Gasteiger partial charge in [-0.1, -0.05) is 25.1 Å². The molecule has 0 spiro atoms. The molecule has 2 N–H and O–H groups in total. The van der Waals surface area contributed by atoms with Crippen LogP contribution < -0.4 is 15.2 Å². The van der Waals surface area contributed by atoms with Crippen molar-refractivity contribution in [2.45, 2.75) is 26.3 Å². The molecular weight excluding hydrogens is 214 g/mol. The molecular formula is C14H21NO2. The average molecular weight is 235 g/mol. The van der Waals surface area contributed by atoms with E-state index in [2.05, 4.69) is 6.92 Å². The van der Waals surface area contributed by atoms with Gasteiger partial charge in [0.15, 0.2) is 11.5 Å². The normalized spacial score (nSPS) is 12.7. The number of methoxy groups -OCH3 is 1.